The number of hydrogen-bond donors (Lipinski definition) is 1. The van der Waals surface area contributed by atoms with Crippen molar-refractivity contribution in [2.45, 2.75) is 44.6 Å². The summed E-state index contributed by atoms with van der Waals surface area (Å²) in [6, 6.07) is 6.16. The van der Waals surface area contributed by atoms with Crippen LogP contribution in [0.25, 0.3) is 0 Å². The fourth-order valence-corrected chi connectivity index (χ4v) is 5.31. The summed E-state index contributed by atoms with van der Waals surface area (Å²) < 4.78 is 0. The number of pyridine rings is 1. The lowest BCUT2D eigenvalue weighted by Gasteiger charge is -2.49. The van der Waals surface area contributed by atoms with Crippen LogP contribution in [-0.2, 0) is 0 Å². The molecule has 0 aliphatic carbocycles. The second-order valence-corrected chi connectivity index (χ2v) is 9.41. The van der Waals surface area contributed by atoms with E-state index < -0.39 is 0 Å². The van der Waals surface area contributed by atoms with Crippen molar-refractivity contribution in [3.8, 4) is 0 Å². The third-order valence-corrected chi connectivity index (χ3v) is 7.36. The zero-order valence-electron chi connectivity index (χ0n) is 20.0. The van der Waals surface area contributed by atoms with Crippen LogP contribution in [0.5, 0.6) is 0 Å². The summed E-state index contributed by atoms with van der Waals surface area (Å²) >= 11 is 0. The standard InChI is InChI=1S/C24H41N7.HI/c1-3-25-23(30-19-17-29(18-20-30)22-9-5-6-12-26-22)27-21-24(10-15-28(2)16-11-24)31-13-7-4-8-14-31;/h5-6,9,12H,3-4,7-8,10-11,13-21H2,1-2H3,(H,25,27);1H. The monoisotopic (exact) mass is 555 g/mol. The van der Waals surface area contributed by atoms with Crippen LogP contribution in [0.3, 0.4) is 0 Å². The first-order valence-electron chi connectivity index (χ1n) is 12.3. The van der Waals surface area contributed by atoms with Gasteiger partial charge in [0.05, 0.1) is 6.54 Å². The van der Waals surface area contributed by atoms with Gasteiger partial charge in [-0.15, -0.1) is 24.0 Å². The molecule has 3 aliphatic rings. The van der Waals surface area contributed by atoms with E-state index in [1.165, 1.54) is 58.3 Å². The summed E-state index contributed by atoms with van der Waals surface area (Å²) in [4.78, 5) is 19.9. The minimum Gasteiger partial charge on any atom is -0.357 e. The average molecular weight is 556 g/mol. The van der Waals surface area contributed by atoms with Crippen LogP contribution < -0.4 is 10.2 Å². The fourth-order valence-electron chi connectivity index (χ4n) is 5.31. The molecule has 0 amide bonds. The van der Waals surface area contributed by atoms with Crippen molar-refractivity contribution in [1.82, 2.24) is 25.0 Å². The number of halogens is 1. The molecule has 4 heterocycles. The van der Waals surface area contributed by atoms with Crippen molar-refractivity contribution in [3.63, 3.8) is 0 Å². The molecule has 1 aromatic rings. The minimum absolute atomic E-state index is 0. The predicted octanol–water partition coefficient (Wildman–Crippen LogP) is 2.74. The molecule has 3 aliphatic heterocycles. The Hall–Kier alpha value is -1.13. The van der Waals surface area contributed by atoms with Crippen molar-refractivity contribution < 1.29 is 0 Å². The molecular formula is C24H42IN7. The first-order valence-corrected chi connectivity index (χ1v) is 12.3. The highest BCUT2D eigenvalue weighted by Gasteiger charge is 2.39. The van der Waals surface area contributed by atoms with E-state index in [2.05, 4.69) is 56.0 Å². The minimum atomic E-state index is 0. The third kappa shape index (κ3) is 6.26. The van der Waals surface area contributed by atoms with Crippen LogP contribution in [0.2, 0.25) is 0 Å². The molecule has 0 saturated carbocycles. The lowest BCUT2D eigenvalue weighted by Crippen LogP contribution is -2.59. The van der Waals surface area contributed by atoms with E-state index in [-0.39, 0.29) is 29.5 Å². The molecule has 0 unspecified atom stereocenters. The molecule has 180 valence electrons. The number of nitrogens with zero attached hydrogens (tertiary/aromatic N) is 6. The SMILES string of the molecule is CCNC(=NCC1(N2CCCCC2)CCN(C)CC1)N1CCN(c2ccccn2)CC1.I. The van der Waals surface area contributed by atoms with Crippen LogP contribution in [0.15, 0.2) is 29.4 Å². The molecule has 1 N–H and O–H groups in total. The van der Waals surface area contributed by atoms with Gasteiger partial charge in [0.25, 0.3) is 0 Å². The summed E-state index contributed by atoms with van der Waals surface area (Å²) in [6.07, 6.45) is 8.43. The van der Waals surface area contributed by atoms with E-state index in [9.17, 15) is 0 Å². The number of anilines is 1. The molecule has 0 bridgehead atoms. The Morgan fingerprint density at radius 3 is 2.34 bits per heavy atom. The summed E-state index contributed by atoms with van der Waals surface area (Å²) in [5.41, 5.74) is 0.239. The highest BCUT2D eigenvalue weighted by Crippen LogP contribution is 2.32. The molecule has 3 saturated heterocycles. The molecule has 0 spiro atoms. The van der Waals surface area contributed by atoms with Crippen molar-refractivity contribution in [2.75, 3.05) is 77.4 Å². The lowest BCUT2D eigenvalue weighted by atomic mass is 9.84. The van der Waals surface area contributed by atoms with Crippen molar-refractivity contribution >= 4 is 35.8 Å². The van der Waals surface area contributed by atoms with Crippen molar-refractivity contribution in [3.05, 3.63) is 24.4 Å². The molecule has 32 heavy (non-hydrogen) atoms. The van der Waals surface area contributed by atoms with Gasteiger partial charge >= 0.3 is 0 Å². The van der Waals surface area contributed by atoms with Crippen LogP contribution in [-0.4, -0.2) is 104 Å². The number of hydrogen-bond acceptors (Lipinski definition) is 5. The van der Waals surface area contributed by atoms with Gasteiger partial charge in [0.2, 0.25) is 0 Å². The highest BCUT2D eigenvalue weighted by atomic mass is 127. The topological polar surface area (TPSA) is 50.2 Å². The molecule has 8 heteroatoms. The quantitative estimate of drug-likeness (QED) is 0.343. The van der Waals surface area contributed by atoms with Gasteiger partial charge in [-0.3, -0.25) is 9.89 Å². The van der Waals surface area contributed by atoms with E-state index in [0.717, 1.165) is 51.0 Å². The Morgan fingerprint density at radius 2 is 1.72 bits per heavy atom. The van der Waals surface area contributed by atoms with E-state index in [1.807, 2.05) is 12.3 Å². The third-order valence-electron chi connectivity index (χ3n) is 7.36. The zero-order valence-corrected chi connectivity index (χ0v) is 22.3. The molecule has 0 atom stereocenters. The summed E-state index contributed by atoms with van der Waals surface area (Å²) in [5, 5.41) is 3.59. The second kappa shape index (κ2) is 12.4. The average Bonchev–Trinajstić information content (AvgIpc) is 2.84. The van der Waals surface area contributed by atoms with Gasteiger partial charge in [-0.25, -0.2) is 4.98 Å². The van der Waals surface area contributed by atoms with Gasteiger partial charge < -0.3 is 20.0 Å². The zero-order chi connectivity index (χ0) is 21.5. The van der Waals surface area contributed by atoms with Gasteiger partial charge in [-0.1, -0.05) is 12.5 Å². The molecule has 7 nitrogen and oxygen atoms in total. The number of aliphatic imine (C=N–C) groups is 1. The van der Waals surface area contributed by atoms with Gasteiger partial charge in [0.1, 0.15) is 5.82 Å². The number of likely N-dealkylation sites (tertiary alicyclic amines) is 2. The second-order valence-electron chi connectivity index (χ2n) is 9.41. The van der Waals surface area contributed by atoms with Crippen LogP contribution >= 0.6 is 24.0 Å². The van der Waals surface area contributed by atoms with E-state index >= 15 is 0 Å². The smallest absolute Gasteiger partial charge is 0.194 e. The fraction of sp³-hybridized carbons (Fsp3) is 0.750. The maximum Gasteiger partial charge on any atom is 0.194 e. The van der Waals surface area contributed by atoms with Gasteiger partial charge in [0, 0.05) is 44.5 Å². The highest BCUT2D eigenvalue weighted by molar-refractivity contribution is 14.0. The van der Waals surface area contributed by atoms with E-state index in [4.69, 9.17) is 4.99 Å². The molecule has 0 aromatic carbocycles. The Labute approximate surface area is 211 Å². The first-order chi connectivity index (χ1) is 15.2. The van der Waals surface area contributed by atoms with Gasteiger partial charge in [-0.2, -0.15) is 0 Å². The molecule has 4 rings (SSSR count). The number of piperidine rings is 2. The van der Waals surface area contributed by atoms with Crippen LogP contribution in [0, 0.1) is 0 Å². The largest absolute Gasteiger partial charge is 0.357 e. The Kier molecular flexibility index (Phi) is 9.85. The van der Waals surface area contributed by atoms with Crippen LogP contribution in [0.1, 0.15) is 39.0 Å². The maximum atomic E-state index is 5.27. The number of aromatic nitrogens is 1. The molecule has 0 radical (unpaired) electrons. The number of piperazine rings is 1. The summed E-state index contributed by atoms with van der Waals surface area (Å²) in [5.74, 6) is 2.18. The van der Waals surface area contributed by atoms with Gasteiger partial charge in [-0.05, 0) is 78.0 Å². The molecular weight excluding hydrogens is 513 g/mol. The van der Waals surface area contributed by atoms with E-state index in [0.29, 0.717) is 0 Å². The number of rotatable bonds is 5. The first kappa shape index (κ1) is 25.5. The Balaban J connectivity index is 0.00000289. The Bertz CT molecular complexity index is 692. The van der Waals surface area contributed by atoms with Gasteiger partial charge in [0.15, 0.2) is 5.96 Å². The number of guanidine groups is 1. The van der Waals surface area contributed by atoms with E-state index in [1.54, 1.807) is 0 Å². The summed E-state index contributed by atoms with van der Waals surface area (Å²) in [7, 11) is 2.26. The van der Waals surface area contributed by atoms with Crippen molar-refractivity contribution in [1.29, 1.82) is 0 Å². The molecule has 3 fully saturated rings. The maximum absolute atomic E-state index is 5.27. The van der Waals surface area contributed by atoms with Crippen molar-refractivity contribution in [2.24, 2.45) is 4.99 Å². The Morgan fingerprint density at radius 1 is 1.00 bits per heavy atom. The number of nitrogens with one attached hydrogen (secondary N) is 1. The predicted molar refractivity (Wildman–Crippen MR) is 144 cm³/mol. The lowest BCUT2D eigenvalue weighted by molar-refractivity contribution is 0.0206. The van der Waals surface area contributed by atoms with Crippen LogP contribution in [0.4, 0.5) is 5.82 Å². The molecule has 1 aromatic heterocycles. The normalized spacial score (nSPS) is 23.0. The summed E-state index contributed by atoms with van der Waals surface area (Å²) in [6.45, 7) is 12.8.